The van der Waals surface area contributed by atoms with Crippen LogP contribution in [-0.4, -0.2) is 36.7 Å². The molecule has 172 valence electrons. The third-order valence-corrected chi connectivity index (χ3v) is 5.65. The van der Waals surface area contributed by atoms with Crippen molar-refractivity contribution >= 4 is 29.1 Å². The first-order chi connectivity index (χ1) is 16.4. The van der Waals surface area contributed by atoms with Crippen molar-refractivity contribution in [1.29, 1.82) is 0 Å². The van der Waals surface area contributed by atoms with Gasteiger partial charge in [0.25, 0.3) is 5.91 Å². The zero-order valence-corrected chi connectivity index (χ0v) is 18.8. The summed E-state index contributed by atoms with van der Waals surface area (Å²) in [6, 6.07) is 18.5. The molecule has 7 nitrogen and oxygen atoms in total. The maximum Gasteiger partial charge on any atom is 0.306 e. The van der Waals surface area contributed by atoms with Gasteiger partial charge in [0, 0.05) is 34.4 Å². The molecule has 0 radical (unpaired) electrons. The van der Waals surface area contributed by atoms with Gasteiger partial charge in [-0.2, -0.15) is 0 Å². The molecule has 0 saturated heterocycles. The van der Waals surface area contributed by atoms with Gasteiger partial charge < -0.3 is 14.8 Å². The number of esters is 1. The Bertz CT molecular complexity index is 1280. The van der Waals surface area contributed by atoms with Crippen LogP contribution in [0.3, 0.4) is 0 Å². The zero-order valence-electron chi connectivity index (χ0n) is 18.8. The van der Waals surface area contributed by atoms with E-state index in [4.69, 9.17) is 9.47 Å². The van der Waals surface area contributed by atoms with Crippen molar-refractivity contribution in [1.82, 2.24) is 0 Å². The number of carbonyl (C=O) groups is 4. The maximum absolute atomic E-state index is 12.9. The molecule has 1 aliphatic rings. The summed E-state index contributed by atoms with van der Waals surface area (Å²) in [6.07, 6.45) is -0.434. The molecule has 1 unspecified atom stereocenters. The molecule has 1 aliphatic carbocycles. The van der Waals surface area contributed by atoms with Crippen molar-refractivity contribution in [2.45, 2.75) is 25.9 Å². The zero-order chi connectivity index (χ0) is 24.2. The van der Waals surface area contributed by atoms with Crippen LogP contribution in [0.25, 0.3) is 0 Å². The molecular formula is C27H23NO6. The second kappa shape index (κ2) is 9.70. The topological polar surface area (TPSA) is 98.8 Å². The number of nitrogens with one attached hydrogen (secondary N) is 1. The SMILES string of the molecule is COc1ccc(CCC(=O)OC(C)C(=O)Nc2ccc3c(c2)C(=O)c2ccccc2C3=O)cc1. The Morgan fingerprint density at radius 2 is 1.47 bits per heavy atom. The summed E-state index contributed by atoms with van der Waals surface area (Å²) < 4.78 is 10.4. The van der Waals surface area contributed by atoms with Gasteiger partial charge in [-0.1, -0.05) is 36.4 Å². The fourth-order valence-corrected chi connectivity index (χ4v) is 3.77. The lowest BCUT2D eigenvalue weighted by Crippen LogP contribution is -2.30. The van der Waals surface area contributed by atoms with Crippen LogP contribution in [0.5, 0.6) is 5.75 Å². The average Bonchev–Trinajstić information content (AvgIpc) is 2.86. The molecule has 1 amide bonds. The number of ketones is 2. The van der Waals surface area contributed by atoms with Crippen LogP contribution in [-0.2, 0) is 20.7 Å². The molecular weight excluding hydrogens is 434 g/mol. The Morgan fingerprint density at radius 3 is 2.12 bits per heavy atom. The predicted molar refractivity (Wildman–Crippen MR) is 125 cm³/mol. The van der Waals surface area contributed by atoms with Crippen LogP contribution in [0, 0.1) is 0 Å². The molecule has 1 atom stereocenters. The Kier molecular flexibility index (Phi) is 6.54. The number of aryl methyl sites for hydroxylation is 1. The number of hydrogen-bond donors (Lipinski definition) is 1. The number of rotatable bonds is 7. The summed E-state index contributed by atoms with van der Waals surface area (Å²) in [5, 5.41) is 2.65. The summed E-state index contributed by atoms with van der Waals surface area (Å²) in [6.45, 7) is 1.48. The summed E-state index contributed by atoms with van der Waals surface area (Å²) in [5.74, 6) is -0.815. The van der Waals surface area contributed by atoms with E-state index in [1.54, 1.807) is 37.4 Å². The third kappa shape index (κ3) is 4.73. The number of amides is 1. The van der Waals surface area contributed by atoms with Gasteiger partial charge in [-0.05, 0) is 49.2 Å². The van der Waals surface area contributed by atoms with Gasteiger partial charge in [0.05, 0.1) is 7.11 Å². The molecule has 0 heterocycles. The molecule has 0 saturated carbocycles. The number of fused-ring (bicyclic) bond motifs is 2. The highest BCUT2D eigenvalue weighted by atomic mass is 16.5. The lowest BCUT2D eigenvalue weighted by molar-refractivity contribution is -0.153. The van der Waals surface area contributed by atoms with Crippen LogP contribution in [0.15, 0.2) is 66.7 Å². The maximum atomic E-state index is 12.9. The normalized spacial score (nSPS) is 12.9. The quantitative estimate of drug-likeness (QED) is 0.422. The van der Waals surface area contributed by atoms with Crippen LogP contribution >= 0.6 is 0 Å². The van der Waals surface area contributed by atoms with E-state index >= 15 is 0 Å². The van der Waals surface area contributed by atoms with E-state index < -0.39 is 18.0 Å². The van der Waals surface area contributed by atoms with Crippen molar-refractivity contribution in [3.63, 3.8) is 0 Å². The van der Waals surface area contributed by atoms with Gasteiger partial charge in [-0.25, -0.2) is 0 Å². The second-order valence-corrected chi connectivity index (χ2v) is 7.93. The van der Waals surface area contributed by atoms with Crippen molar-refractivity contribution in [2.24, 2.45) is 0 Å². The number of hydrogen-bond acceptors (Lipinski definition) is 6. The summed E-state index contributed by atoms with van der Waals surface area (Å²) in [5.41, 5.74) is 2.51. The van der Waals surface area contributed by atoms with E-state index in [1.165, 1.54) is 19.1 Å². The van der Waals surface area contributed by atoms with Gasteiger partial charge in [0.2, 0.25) is 0 Å². The van der Waals surface area contributed by atoms with Gasteiger partial charge in [0.15, 0.2) is 17.7 Å². The number of anilines is 1. The largest absolute Gasteiger partial charge is 0.497 e. The number of carbonyl (C=O) groups excluding carboxylic acids is 4. The molecule has 4 rings (SSSR count). The minimum Gasteiger partial charge on any atom is -0.497 e. The molecule has 0 aromatic heterocycles. The molecule has 34 heavy (non-hydrogen) atoms. The molecule has 0 spiro atoms. The summed E-state index contributed by atoms with van der Waals surface area (Å²) >= 11 is 0. The minimum absolute atomic E-state index is 0.124. The molecule has 0 fully saturated rings. The Hall–Kier alpha value is -4.26. The highest BCUT2D eigenvalue weighted by Crippen LogP contribution is 2.29. The predicted octanol–water partition coefficient (Wildman–Crippen LogP) is 3.97. The second-order valence-electron chi connectivity index (χ2n) is 7.93. The lowest BCUT2D eigenvalue weighted by Gasteiger charge is -2.19. The van der Waals surface area contributed by atoms with Gasteiger partial charge in [-0.15, -0.1) is 0 Å². The monoisotopic (exact) mass is 457 g/mol. The fraction of sp³-hybridized carbons (Fsp3) is 0.185. The van der Waals surface area contributed by atoms with Gasteiger partial charge in [-0.3, -0.25) is 19.2 Å². The number of benzene rings is 3. The standard InChI is InChI=1S/C27H23NO6/c1-16(34-24(29)14-9-17-7-11-19(33-2)12-8-17)27(32)28-18-10-13-22-23(15-18)26(31)21-6-4-3-5-20(21)25(22)30/h3-8,10-13,15-16H,9,14H2,1-2H3,(H,28,32). The van der Waals surface area contributed by atoms with Crippen molar-refractivity contribution < 1.29 is 28.7 Å². The van der Waals surface area contributed by atoms with Crippen molar-refractivity contribution in [2.75, 3.05) is 12.4 Å². The van der Waals surface area contributed by atoms with Crippen molar-refractivity contribution in [3.8, 4) is 5.75 Å². The molecule has 1 N–H and O–H groups in total. The number of ether oxygens (including phenoxy) is 2. The Labute approximate surface area is 196 Å². The van der Waals surface area contributed by atoms with Gasteiger partial charge >= 0.3 is 5.97 Å². The minimum atomic E-state index is -1.03. The summed E-state index contributed by atoms with van der Waals surface area (Å²) in [7, 11) is 1.58. The number of methoxy groups -OCH3 is 1. The van der Waals surface area contributed by atoms with Gasteiger partial charge in [0.1, 0.15) is 5.75 Å². The summed E-state index contributed by atoms with van der Waals surface area (Å²) in [4.78, 5) is 50.3. The Balaban J connectivity index is 1.36. The van der Waals surface area contributed by atoms with Crippen LogP contribution < -0.4 is 10.1 Å². The van der Waals surface area contributed by atoms with Crippen LogP contribution in [0.1, 0.15) is 50.8 Å². The molecule has 3 aromatic carbocycles. The van der Waals surface area contributed by atoms with Crippen LogP contribution in [0.4, 0.5) is 5.69 Å². The van der Waals surface area contributed by atoms with E-state index in [0.29, 0.717) is 28.8 Å². The van der Waals surface area contributed by atoms with E-state index in [2.05, 4.69) is 5.32 Å². The van der Waals surface area contributed by atoms with E-state index in [0.717, 1.165) is 11.3 Å². The molecule has 3 aromatic rings. The lowest BCUT2D eigenvalue weighted by atomic mass is 9.84. The average molecular weight is 457 g/mol. The third-order valence-electron chi connectivity index (χ3n) is 5.65. The fourth-order valence-electron chi connectivity index (χ4n) is 3.77. The van der Waals surface area contributed by atoms with E-state index in [9.17, 15) is 19.2 Å². The first-order valence-corrected chi connectivity index (χ1v) is 10.8. The van der Waals surface area contributed by atoms with E-state index in [-0.39, 0.29) is 23.6 Å². The highest BCUT2D eigenvalue weighted by Gasteiger charge is 2.29. The van der Waals surface area contributed by atoms with Crippen molar-refractivity contribution in [3.05, 3.63) is 94.5 Å². The first kappa shape index (κ1) is 22.9. The molecule has 0 bridgehead atoms. The molecule has 0 aliphatic heterocycles. The smallest absolute Gasteiger partial charge is 0.306 e. The van der Waals surface area contributed by atoms with E-state index in [1.807, 2.05) is 24.3 Å². The molecule has 7 heteroatoms. The Morgan fingerprint density at radius 1 is 0.853 bits per heavy atom. The van der Waals surface area contributed by atoms with Crippen LogP contribution in [0.2, 0.25) is 0 Å². The first-order valence-electron chi connectivity index (χ1n) is 10.8. The highest BCUT2D eigenvalue weighted by molar-refractivity contribution is 6.28.